The smallest absolute Gasteiger partial charge is 0.269 e. The fourth-order valence-corrected chi connectivity index (χ4v) is 2.07. The van der Waals surface area contributed by atoms with Gasteiger partial charge in [-0.3, -0.25) is 10.1 Å². The van der Waals surface area contributed by atoms with E-state index in [-0.39, 0.29) is 17.5 Å². The second kappa shape index (κ2) is 6.00. The topological polar surface area (TPSA) is 55.2 Å². The van der Waals surface area contributed by atoms with E-state index in [0.717, 1.165) is 5.56 Å². The molecule has 2 rings (SSSR count). The normalized spacial score (nSPS) is 11.9. The molecule has 0 spiro atoms. The number of hydrogen-bond donors (Lipinski definition) is 1. The van der Waals surface area contributed by atoms with Gasteiger partial charge in [0.05, 0.1) is 9.40 Å². The van der Waals surface area contributed by atoms with Crippen LogP contribution in [0.15, 0.2) is 46.9 Å². The molecule has 20 heavy (non-hydrogen) atoms. The number of nitro benzene ring substituents is 1. The molecule has 2 aromatic rings. The van der Waals surface area contributed by atoms with Crippen molar-refractivity contribution in [1.82, 2.24) is 0 Å². The molecular weight excluding hydrogens is 327 g/mol. The first-order valence-electron chi connectivity index (χ1n) is 5.93. The lowest BCUT2D eigenvalue weighted by atomic mass is 10.1. The van der Waals surface area contributed by atoms with E-state index in [9.17, 15) is 14.5 Å². The summed E-state index contributed by atoms with van der Waals surface area (Å²) < 4.78 is 13.8. The summed E-state index contributed by atoms with van der Waals surface area (Å²) in [6.45, 7) is 1.86. The summed E-state index contributed by atoms with van der Waals surface area (Å²) in [5.74, 6) is -0.360. The van der Waals surface area contributed by atoms with Crippen LogP contribution < -0.4 is 5.32 Å². The maximum absolute atomic E-state index is 13.4. The minimum atomic E-state index is -0.435. The molecule has 0 amide bonds. The van der Waals surface area contributed by atoms with Crippen LogP contribution in [0, 0.1) is 15.9 Å². The lowest BCUT2D eigenvalue weighted by Crippen LogP contribution is -2.07. The second-order valence-electron chi connectivity index (χ2n) is 4.35. The molecule has 1 unspecified atom stereocenters. The Labute approximate surface area is 123 Å². The maximum Gasteiger partial charge on any atom is 0.269 e. The van der Waals surface area contributed by atoms with E-state index in [4.69, 9.17) is 0 Å². The van der Waals surface area contributed by atoms with E-state index in [0.29, 0.717) is 10.2 Å². The van der Waals surface area contributed by atoms with Crippen LogP contribution in [0.4, 0.5) is 15.8 Å². The Bertz CT molecular complexity index is 649. The Balaban J connectivity index is 2.19. The standard InChI is InChI=1S/C14H12BrFN2O2/c1-9(10-3-2-4-12(7-10)18(19)20)17-11-5-6-13(15)14(16)8-11/h2-9,17H,1H3. The predicted octanol–water partition coefficient (Wildman–Crippen LogP) is 4.67. The van der Waals surface area contributed by atoms with E-state index < -0.39 is 4.92 Å². The minimum absolute atomic E-state index is 0.0399. The summed E-state index contributed by atoms with van der Waals surface area (Å²) in [5, 5.41) is 13.9. The summed E-state index contributed by atoms with van der Waals surface area (Å²) in [6, 6.07) is 10.9. The van der Waals surface area contributed by atoms with Crippen LogP contribution in [0.25, 0.3) is 0 Å². The zero-order valence-electron chi connectivity index (χ0n) is 10.6. The summed E-state index contributed by atoms with van der Waals surface area (Å²) in [4.78, 5) is 10.3. The van der Waals surface area contributed by atoms with Crippen molar-refractivity contribution >= 4 is 27.3 Å². The summed E-state index contributed by atoms with van der Waals surface area (Å²) in [7, 11) is 0. The summed E-state index contributed by atoms with van der Waals surface area (Å²) in [5.41, 5.74) is 1.42. The minimum Gasteiger partial charge on any atom is -0.378 e. The Morgan fingerprint density at radius 1 is 1.30 bits per heavy atom. The van der Waals surface area contributed by atoms with Crippen molar-refractivity contribution in [2.45, 2.75) is 13.0 Å². The van der Waals surface area contributed by atoms with Crippen LogP contribution in [0.2, 0.25) is 0 Å². The molecule has 0 bridgehead atoms. The number of non-ortho nitro benzene ring substituents is 1. The average Bonchev–Trinajstić information content (AvgIpc) is 2.43. The first-order valence-corrected chi connectivity index (χ1v) is 6.72. The second-order valence-corrected chi connectivity index (χ2v) is 5.20. The van der Waals surface area contributed by atoms with Gasteiger partial charge in [0.2, 0.25) is 0 Å². The van der Waals surface area contributed by atoms with Crippen molar-refractivity contribution in [3.63, 3.8) is 0 Å². The number of anilines is 1. The maximum atomic E-state index is 13.4. The fourth-order valence-electron chi connectivity index (χ4n) is 1.83. The number of halogens is 2. The number of nitro groups is 1. The molecule has 0 aliphatic rings. The number of hydrogen-bond acceptors (Lipinski definition) is 3. The molecule has 0 heterocycles. The average molecular weight is 339 g/mol. The van der Waals surface area contributed by atoms with E-state index in [1.807, 2.05) is 6.92 Å². The molecule has 0 saturated heterocycles. The van der Waals surface area contributed by atoms with Crippen LogP contribution in [0.1, 0.15) is 18.5 Å². The molecule has 0 saturated carbocycles. The highest BCUT2D eigenvalue weighted by Gasteiger charge is 2.11. The lowest BCUT2D eigenvalue weighted by Gasteiger charge is -2.15. The molecular formula is C14H12BrFN2O2. The molecule has 1 N–H and O–H groups in total. The highest BCUT2D eigenvalue weighted by Crippen LogP contribution is 2.25. The zero-order chi connectivity index (χ0) is 14.7. The zero-order valence-corrected chi connectivity index (χ0v) is 12.2. The third kappa shape index (κ3) is 3.33. The third-order valence-corrected chi connectivity index (χ3v) is 3.53. The molecule has 0 fully saturated rings. The van der Waals surface area contributed by atoms with E-state index >= 15 is 0 Å². The predicted molar refractivity (Wildman–Crippen MR) is 79.2 cm³/mol. The highest BCUT2D eigenvalue weighted by atomic mass is 79.9. The van der Waals surface area contributed by atoms with Crippen LogP contribution in [-0.2, 0) is 0 Å². The highest BCUT2D eigenvalue weighted by molar-refractivity contribution is 9.10. The van der Waals surface area contributed by atoms with Crippen molar-refractivity contribution in [2.75, 3.05) is 5.32 Å². The largest absolute Gasteiger partial charge is 0.378 e. The van der Waals surface area contributed by atoms with Gasteiger partial charge in [-0.1, -0.05) is 12.1 Å². The SMILES string of the molecule is CC(Nc1ccc(Br)c(F)c1)c1cccc([N+](=O)[O-])c1. The van der Waals surface area contributed by atoms with Gasteiger partial charge in [-0.25, -0.2) is 4.39 Å². The lowest BCUT2D eigenvalue weighted by molar-refractivity contribution is -0.384. The van der Waals surface area contributed by atoms with Crippen LogP contribution >= 0.6 is 15.9 Å². The quantitative estimate of drug-likeness (QED) is 0.651. The van der Waals surface area contributed by atoms with Gasteiger partial charge in [-0.2, -0.15) is 0 Å². The van der Waals surface area contributed by atoms with Gasteiger partial charge in [0.1, 0.15) is 5.82 Å². The third-order valence-electron chi connectivity index (χ3n) is 2.88. The van der Waals surface area contributed by atoms with Crippen LogP contribution in [0.5, 0.6) is 0 Å². The van der Waals surface area contributed by atoms with Crippen molar-refractivity contribution < 1.29 is 9.31 Å². The van der Waals surface area contributed by atoms with E-state index in [1.54, 1.807) is 24.3 Å². The van der Waals surface area contributed by atoms with Crippen molar-refractivity contribution in [1.29, 1.82) is 0 Å². The van der Waals surface area contributed by atoms with Gasteiger partial charge < -0.3 is 5.32 Å². The van der Waals surface area contributed by atoms with E-state index in [2.05, 4.69) is 21.2 Å². The summed E-state index contributed by atoms with van der Waals surface area (Å²) >= 11 is 3.09. The number of benzene rings is 2. The molecule has 0 aliphatic heterocycles. The fraction of sp³-hybridized carbons (Fsp3) is 0.143. The van der Waals surface area contributed by atoms with Crippen molar-refractivity contribution in [2.24, 2.45) is 0 Å². The van der Waals surface area contributed by atoms with Gasteiger partial charge in [-0.15, -0.1) is 0 Å². The molecule has 1 atom stereocenters. The van der Waals surface area contributed by atoms with Gasteiger partial charge in [0.25, 0.3) is 5.69 Å². The molecule has 2 aromatic carbocycles. The van der Waals surface area contributed by atoms with Crippen molar-refractivity contribution in [3.05, 3.63) is 68.4 Å². The first-order chi connectivity index (χ1) is 9.47. The molecule has 4 nitrogen and oxygen atoms in total. The Hall–Kier alpha value is -1.95. The molecule has 6 heteroatoms. The molecule has 104 valence electrons. The van der Waals surface area contributed by atoms with Gasteiger partial charge in [-0.05, 0) is 46.6 Å². The monoisotopic (exact) mass is 338 g/mol. The Kier molecular flexibility index (Phi) is 4.34. The van der Waals surface area contributed by atoms with Crippen molar-refractivity contribution in [3.8, 4) is 0 Å². The van der Waals surface area contributed by atoms with E-state index in [1.165, 1.54) is 18.2 Å². The van der Waals surface area contributed by atoms with Crippen LogP contribution in [0.3, 0.4) is 0 Å². The number of nitrogens with one attached hydrogen (secondary N) is 1. The van der Waals surface area contributed by atoms with Crippen LogP contribution in [-0.4, -0.2) is 4.92 Å². The van der Waals surface area contributed by atoms with Gasteiger partial charge in [0.15, 0.2) is 0 Å². The summed E-state index contributed by atoms with van der Waals surface area (Å²) in [6.07, 6.45) is 0. The molecule has 0 radical (unpaired) electrons. The Morgan fingerprint density at radius 3 is 2.70 bits per heavy atom. The number of rotatable bonds is 4. The van der Waals surface area contributed by atoms with Gasteiger partial charge in [0, 0.05) is 23.9 Å². The first kappa shape index (κ1) is 14.5. The number of nitrogens with zero attached hydrogens (tertiary/aromatic N) is 1. The Morgan fingerprint density at radius 2 is 2.05 bits per heavy atom. The molecule has 0 aliphatic carbocycles. The van der Waals surface area contributed by atoms with Gasteiger partial charge >= 0.3 is 0 Å². The molecule has 0 aromatic heterocycles.